The van der Waals surface area contributed by atoms with E-state index in [4.69, 9.17) is 9.47 Å². The Morgan fingerprint density at radius 1 is 0.900 bits per heavy atom. The molecule has 0 spiro atoms. The fourth-order valence-corrected chi connectivity index (χ4v) is 0.956. The number of hydrogen-bond acceptors (Lipinski definition) is 4. The van der Waals surface area contributed by atoms with Gasteiger partial charge in [-0.1, -0.05) is 36.1 Å². The second-order valence-electron chi connectivity index (χ2n) is 3.15. The summed E-state index contributed by atoms with van der Waals surface area (Å²) in [4.78, 5) is 22.5. The third-order valence-electron chi connectivity index (χ3n) is 2.07. The van der Waals surface area contributed by atoms with Crippen molar-refractivity contribution in [2.45, 2.75) is 50.0 Å². The Morgan fingerprint density at radius 3 is 1.25 bits per heavy atom. The molecule has 4 nitrogen and oxygen atoms in total. The molecule has 0 N–H and O–H groups in total. The van der Waals surface area contributed by atoms with Crippen LogP contribution in [-0.2, 0) is 28.5 Å². The Morgan fingerprint density at radius 2 is 1.10 bits per heavy atom. The zero-order valence-electron chi connectivity index (χ0n) is 10.4. The zero-order chi connectivity index (χ0) is 13.8. The van der Waals surface area contributed by atoms with Gasteiger partial charge in [0.2, 0.25) is 0 Å². The number of carbonyl (C=O) groups excluding carboxylic acids is 2. The molecule has 125 valence electrons. The van der Waals surface area contributed by atoms with Gasteiger partial charge in [-0.3, -0.25) is 9.59 Å². The molecule has 0 radical (unpaired) electrons. The molecule has 2 atom stereocenters. The maximum absolute atomic E-state index is 11.3. The van der Waals surface area contributed by atoms with Crippen molar-refractivity contribution in [1.82, 2.24) is 0 Å². The molecule has 0 rings (SSSR count). The Kier molecular flexibility index (Phi) is 36.5. The van der Waals surface area contributed by atoms with Gasteiger partial charge in [0.05, 0.1) is 25.0 Å². The molecule has 0 aliphatic heterocycles. The second kappa shape index (κ2) is 22.3. The third kappa shape index (κ3) is 17.0. The van der Waals surface area contributed by atoms with Gasteiger partial charge in [-0.2, -0.15) is 0 Å². The number of carbonyl (C=O) groups is 2. The summed E-state index contributed by atoms with van der Waals surface area (Å²) in [6.45, 7) is 7.47. The van der Waals surface area contributed by atoms with Crippen molar-refractivity contribution < 1.29 is 28.5 Å². The van der Waals surface area contributed by atoms with E-state index in [1.54, 1.807) is 27.7 Å². The van der Waals surface area contributed by atoms with Gasteiger partial charge in [-0.25, -0.2) is 0 Å². The summed E-state index contributed by atoms with van der Waals surface area (Å²) in [6, 6.07) is 0. The third-order valence-corrected chi connectivity index (χ3v) is 2.07. The summed E-state index contributed by atoms with van der Waals surface area (Å²) < 4.78 is 9.61. The monoisotopic (exact) mass is 555 g/mol. The van der Waals surface area contributed by atoms with Crippen molar-refractivity contribution in [2.75, 3.05) is 13.2 Å². The minimum atomic E-state index is -0.450. The molecular formula is C13H30I2O4V. The normalized spacial score (nSPS) is 10.7. The Bertz CT molecular complexity index is 206. The van der Waals surface area contributed by atoms with Crippen LogP contribution in [0, 0.1) is 11.8 Å². The topological polar surface area (TPSA) is 52.6 Å². The molecule has 2 unspecified atom stereocenters. The number of halogens is 2. The SMILES string of the molecule is C.C.C.CCOC(=O)C(C)C(C)C(=O)OCC.[I][V][I]. The van der Waals surface area contributed by atoms with Crippen molar-refractivity contribution in [3.8, 4) is 0 Å². The van der Waals surface area contributed by atoms with Gasteiger partial charge in [0, 0.05) is 0 Å². The summed E-state index contributed by atoms with van der Waals surface area (Å²) >= 11 is 4.74. The molecule has 0 aromatic heterocycles. The van der Waals surface area contributed by atoms with E-state index in [-0.39, 0.29) is 34.2 Å². The van der Waals surface area contributed by atoms with Gasteiger partial charge in [-0.05, 0) is 13.8 Å². The van der Waals surface area contributed by atoms with Crippen molar-refractivity contribution in [1.29, 1.82) is 0 Å². The van der Waals surface area contributed by atoms with E-state index in [0.717, 1.165) is 0 Å². The predicted octanol–water partition coefficient (Wildman–Crippen LogP) is 5.06. The van der Waals surface area contributed by atoms with Crippen LogP contribution in [0.25, 0.3) is 0 Å². The fourth-order valence-electron chi connectivity index (χ4n) is 0.956. The molecule has 0 aliphatic carbocycles. The van der Waals surface area contributed by atoms with E-state index in [2.05, 4.69) is 40.0 Å². The van der Waals surface area contributed by atoms with Gasteiger partial charge in [0.25, 0.3) is 0 Å². The van der Waals surface area contributed by atoms with Crippen LogP contribution in [0.1, 0.15) is 50.0 Å². The summed E-state index contributed by atoms with van der Waals surface area (Å²) in [5, 5.41) is 0. The molecule has 0 aromatic rings. The first-order valence-corrected chi connectivity index (χ1v) is 14.2. The number of rotatable bonds is 5. The van der Waals surface area contributed by atoms with E-state index in [1.807, 2.05) is 0 Å². The van der Waals surface area contributed by atoms with Crippen LogP contribution in [-0.4, -0.2) is 25.2 Å². The summed E-state index contributed by atoms with van der Waals surface area (Å²) in [6.07, 6.45) is 0. The van der Waals surface area contributed by atoms with E-state index >= 15 is 0 Å². The van der Waals surface area contributed by atoms with Gasteiger partial charge in [0.15, 0.2) is 0 Å². The standard InChI is InChI=1S/C10H18O4.3CH4.2HI.V/c1-5-13-9(11)7(3)8(4)10(12)14-6-2;;;;;;/h7-8H,5-6H2,1-4H3;3*1H4;2*1H;/q;;;;;;+2/p-2. The van der Waals surface area contributed by atoms with Crippen LogP contribution < -0.4 is 0 Å². The van der Waals surface area contributed by atoms with E-state index < -0.39 is 11.8 Å². The summed E-state index contributed by atoms with van der Waals surface area (Å²) in [5.74, 6) is -1.61. The van der Waals surface area contributed by atoms with E-state index in [0.29, 0.717) is 22.7 Å². The molecule has 0 fully saturated rings. The minimum absolute atomic E-state index is 0. The molecule has 0 heterocycles. The average Bonchev–Trinajstić information content (AvgIpc) is 2.28. The van der Waals surface area contributed by atoms with Gasteiger partial charge >= 0.3 is 61.4 Å². The van der Waals surface area contributed by atoms with Gasteiger partial charge in [0.1, 0.15) is 0 Å². The second-order valence-corrected chi connectivity index (χ2v) is 14.9. The van der Waals surface area contributed by atoms with Crippen LogP contribution in [0.15, 0.2) is 0 Å². The van der Waals surface area contributed by atoms with Gasteiger partial charge in [-0.15, -0.1) is 0 Å². The number of ether oxygens (including phenoxy) is 2. The molecule has 0 bridgehead atoms. The number of hydrogen-bond donors (Lipinski definition) is 0. The molecule has 0 amide bonds. The average molecular weight is 555 g/mol. The molecule has 0 aliphatic rings. The van der Waals surface area contributed by atoms with Crippen molar-refractivity contribution in [3.63, 3.8) is 0 Å². The molecular weight excluding hydrogens is 525 g/mol. The molecule has 0 aromatic carbocycles. The maximum atomic E-state index is 11.3. The van der Waals surface area contributed by atoms with Crippen LogP contribution in [0.5, 0.6) is 0 Å². The zero-order valence-corrected chi connectivity index (χ0v) is 16.1. The van der Waals surface area contributed by atoms with Crippen LogP contribution in [0.4, 0.5) is 0 Å². The Hall–Kier alpha value is 0.984. The number of esters is 2. The van der Waals surface area contributed by atoms with Crippen molar-refractivity contribution in [3.05, 3.63) is 0 Å². The van der Waals surface area contributed by atoms with Crippen molar-refractivity contribution >= 4 is 51.9 Å². The Labute approximate surface area is 154 Å². The molecule has 20 heavy (non-hydrogen) atoms. The van der Waals surface area contributed by atoms with Crippen LogP contribution in [0.2, 0.25) is 0 Å². The summed E-state index contributed by atoms with van der Waals surface area (Å²) in [7, 11) is 0.628. The molecule has 0 saturated heterocycles. The first-order chi connectivity index (χ1) is 7.95. The molecule has 7 heteroatoms. The summed E-state index contributed by atoms with van der Waals surface area (Å²) in [5.41, 5.74) is 0. The Balaban J connectivity index is -0.000000114. The van der Waals surface area contributed by atoms with E-state index in [1.165, 1.54) is 0 Å². The first kappa shape index (κ1) is 32.8. The van der Waals surface area contributed by atoms with Crippen molar-refractivity contribution in [2.24, 2.45) is 11.8 Å². The first-order valence-electron chi connectivity index (χ1n) is 5.21. The van der Waals surface area contributed by atoms with Gasteiger partial charge < -0.3 is 9.47 Å². The molecule has 0 saturated carbocycles. The van der Waals surface area contributed by atoms with Crippen LogP contribution in [0.3, 0.4) is 0 Å². The van der Waals surface area contributed by atoms with E-state index in [9.17, 15) is 9.59 Å². The quantitative estimate of drug-likeness (QED) is 0.352. The predicted molar refractivity (Wildman–Crippen MR) is 99.8 cm³/mol. The van der Waals surface area contributed by atoms with Crippen LogP contribution >= 0.6 is 40.0 Å². The fraction of sp³-hybridized carbons (Fsp3) is 0.846.